The van der Waals surface area contributed by atoms with Gasteiger partial charge in [0, 0.05) is 24.2 Å². The summed E-state index contributed by atoms with van der Waals surface area (Å²) in [4.78, 5) is 21.6. The first-order valence-electron chi connectivity index (χ1n) is 6.38. The number of aliphatic hydroxyl groups is 1. The van der Waals surface area contributed by atoms with Crippen LogP contribution in [0.4, 0.5) is 5.69 Å². The molecule has 0 aliphatic heterocycles. The van der Waals surface area contributed by atoms with Crippen LogP contribution in [0.1, 0.15) is 18.4 Å². The van der Waals surface area contributed by atoms with Crippen LogP contribution in [-0.4, -0.2) is 29.1 Å². The predicted molar refractivity (Wildman–Crippen MR) is 70.2 cm³/mol. The average molecular weight is 280 g/mol. The summed E-state index contributed by atoms with van der Waals surface area (Å²) in [5, 5.41) is 22.5. The van der Waals surface area contributed by atoms with Crippen LogP contribution < -0.4 is 10.1 Å². The van der Waals surface area contributed by atoms with Gasteiger partial charge in [0.2, 0.25) is 0 Å². The highest BCUT2D eigenvalue weighted by molar-refractivity contribution is 5.77. The number of ether oxygens (including phenoxy) is 1. The Balaban J connectivity index is 1.90. The standard InChI is InChI=1S/C13H16N2O5/c16-7-10-5-11(15(18)19)3-4-12(10)20-8-13(17)14-6-9-1-2-9/h3-5,9,16H,1-2,6-8H2,(H,14,17). The van der Waals surface area contributed by atoms with Gasteiger partial charge in [-0.15, -0.1) is 0 Å². The third-order valence-corrected chi connectivity index (χ3v) is 3.07. The summed E-state index contributed by atoms with van der Waals surface area (Å²) in [5.41, 5.74) is 0.161. The number of nitrogens with one attached hydrogen (secondary N) is 1. The summed E-state index contributed by atoms with van der Waals surface area (Å²) in [6.07, 6.45) is 2.30. The fourth-order valence-electron chi connectivity index (χ4n) is 1.72. The molecule has 1 aliphatic carbocycles. The molecule has 0 unspecified atom stereocenters. The fourth-order valence-corrected chi connectivity index (χ4v) is 1.72. The van der Waals surface area contributed by atoms with Gasteiger partial charge in [-0.3, -0.25) is 14.9 Å². The second-order valence-electron chi connectivity index (χ2n) is 4.74. The highest BCUT2D eigenvalue weighted by Crippen LogP contribution is 2.27. The lowest BCUT2D eigenvalue weighted by Gasteiger charge is -2.10. The Morgan fingerprint density at radius 3 is 2.85 bits per heavy atom. The summed E-state index contributed by atoms with van der Waals surface area (Å²) in [6, 6.07) is 3.89. The molecular formula is C13H16N2O5. The second kappa shape index (κ2) is 6.33. The summed E-state index contributed by atoms with van der Waals surface area (Å²) in [6.45, 7) is 0.105. The normalized spacial score (nSPS) is 13.8. The van der Waals surface area contributed by atoms with Gasteiger partial charge in [0.15, 0.2) is 6.61 Å². The lowest BCUT2D eigenvalue weighted by Crippen LogP contribution is -2.30. The molecule has 0 spiro atoms. The highest BCUT2D eigenvalue weighted by atomic mass is 16.6. The van der Waals surface area contributed by atoms with Crippen molar-refractivity contribution >= 4 is 11.6 Å². The number of nitro benzene ring substituents is 1. The highest BCUT2D eigenvalue weighted by Gasteiger charge is 2.21. The van der Waals surface area contributed by atoms with Gasteiger partial charge in [-0.2, -0.15) is 0 Å². The van der Waals surface area contributed by atoms with Crippen LogP contribution in [0.3, 0.4) is 0 Å². The van der Waals surface area contributed by atoms with Gasteiger partial charge in [-0.25, -0.2) is 0 Å². The molecule has 20 heavy (non-hydrogen) atoms. The maximum atomic E-state index is 11.5. The van der Waals surface area contributed by atoms with E-state index in [1.807, 2.05) is 0 Å². The van der Waals surface area contributed by atoms with Crippen LogP contribution in [0.15, 0.2) is 18.2 Å². The first-order chi connectivity index (χ1) is 9.60. The molecule has 0 saturated heterocycles. The van der Waals surface area contributed by atoms with Gasteiger partial charge in [0.25, 0.3) is 11.6 Å². The minimum absolute atomic E-state index is 0.125. The minimum Gasteiger partial charge on any atom is -0.483 e. The molecule has 0 bridgehead atoms. The van der Waals surface area contributed by atoms with Gasteiger partial charge < -0.3 is 15.2 Å². The van der Waals surface area contributed by atoms with Crippen LogP contribution in [0, 0.1) is 16.0 Å². The number of carbonyl (C=O) groups excluding carboxylic acids is 1. The topological polar surface area (TPSA) is 102 Å². The number of aliphatic hydroxyl groups excluding tert-OH is 1. The smallest absolute Gasteiger partial charge is 0.270 e. The minimum atomic E-state index is -0.550. The van der Waals surface area contributed by atoms with E-state index in [2.05, 4.69) is 5.32 Å². The molecule has 1 fully saturated rings. The molecule has 1 amide bonds. The Hall–Kier alpha value is -2.15. The molecular weight excluding hydrogens is 264 g/mol. The van der Waals surface area contributed by atoms with Gasteiger partial charge in [-0.1, -0.05) is 0 Å². The number of hydrogen-bond acceptors (Lipinski definition) is 5. The van der Waals surface area contributed by atoms with Crippen molar-refractivity contribution in [2.24, 2.45) is 5.92 Å². The van der Waals surface area contributed by atoms with Crippen molar-refractivity contribution in [2.75, 3.05) is 13.2 Å². The van der Waals surface area contributed by atoms with Crippen molar-refractivity contribution in [1.29, 1.82) is 0 Å². The molecule has 7 heteroatoms. The molecule has 0 aromatic heterocycles. The van der Waals surface area contributed by atoms with E-state index >= 15 is 0 Å². The Labute approximate surface area is 115 Å². The van der Waals surface area contributed by atoms with Crippen molar-refractivity contribution in [3.05, 3.63) is 33.9 Å². The van der Waals surface area contributed by atoms with Crippen molar-refractivity contribution < 1.29 is 19.6 Å². The van der Waals surface area contributed by atoms with Gasteiger partial charge in [-0.05, 0) is 24.8 Å². The number of nitro groups is 1. The molecule has 2 N–H and O–H groups in total. The summed E-state index contributed by atoms with van der Waals surface area (Å²) in [5.74, 6) is 0.630. The number of hydrogen-bond donors (Lipinski definition) is 2. The number of nitrogens with zero attached hydrogens (tertiary/aromatic N) is 1. The quantitative estimate of drug-likeness (QED) is 0.573. The molecule has 1 aromatic rings. The molecule has 1 saturated carbocycles. The van der Waals surface area contributed by atoms with Crippen LogP contribution >= 0.6 is 0 Å². The van der Waals surface area contributed by atoms with Crippen molar-refractivity contribution in [2.45, 2.75) is 19.4 Å². The first kappa shape index (κ1) is 14.3. The van der Waals surface area contributed by atoms with Crippen molar-refractivity contribution in [3.63, 3.8) is 0 Å². The Bertz CT molecular complexity index is 513. The van der Waals surface area contributed by atoms with E-state index in [-0.39, 0.29) is 36.1 Å². The summed E-state index contributed by atoms with van der Waals surface area (Å²) < 4.78 is 5.28. The molecule has 0 radical (unpaired) electrons. The molecule has 2 rings (SSSR count). The van der Waals surface area contributed by atoms with Crippen LogP contribution in [0.5, 0.6) is 5.75 Å². The first-order valence-corrected chi connectivity index (χ1v) is 6.38. The monoisotopic (exact) mass is 280 g/mol. The zero-order valence-corrected chi connectivity index (χ0v) is 10.9. The number of carbonyl (C=O) groups is 1. The van der Waals surface area contributed by atoms with Crippen molar-refractivity contribution in [3.8, 4) is 5.75 Å². The molecule has 0 heterocycles. The van der Waals surface area contributed by atoms with E-state index in [1.165, 1.54) is 18.2 Å². The lowest BCUT2D eigenvalue weighted by molar-refractivity contribution is -0.385. The Morgan fingerprint density at radius 2 is 2.25 bits per heavy atom. The lowest BCUT2D eigenvalue weighted by atomic mass is 10.2. The number of benzene rings is 1. The van der Waals surface area contributed by atoms with E-state index in [4.69, 9.17) is 4.74 Å². The third kappa shape index (κ3) is 3.92. The SMILES string of the molecule is O=C(COc1ccc([N+](=O)[O-])cc1CO)NCC1CC1. The molecule has 7 nitrogen and oxygen atoms in total. The number of rotatable bonds is 7. The summed E-state index contributed by atoms with van der Waals surface area (Å²) in [7, 11) is 0. The largest absolute Gasteiger partial charge is 0.483 e. The van der Waals surface area contributed by atoms with E-state index in [0.717, 1.165) is 12.8 Å². The van der Waals surface area contributed by atoms with E-state index < -0.39 is 4.92 Å². The van der Waals surface area contributed by atoms with E-state index in [9.17, 15) is 20.0 Å². The molecule has 1 aliphatic rings. The zero-order valence-electron chi connectivity index (χ0n) is 10.9. The van der Waals surface area contributed by atoms with Gasteiger partial charge >= 0.3 is 0 Å². The molecule has 0 atom stereocenters. The third-order valence-electron chi connectivity index (χ3n) is 3.07. The van der Waals surface area contributed by atoms with Crippen LogP contribution in [0.2, 0.25) is 0 Å². The van der Waals surface area contributed by atoms with Crippen LogP contribution in [0.25, 0.3) is 0 Å². The number of amides is 1. The van der Waals surface area contributed by atoms with E-state index in [1.54, 1.807) is 0 Å². The second-order valence-corrected chi connectivity index (χ2v) is 4.74. The molecule has 108 valence electrons. The maximum absolute atomic E-state index is 11.5. The van der Waals surface area contributed by atoms with Gasteiger partial charge in [0.05, 0.1) is 11.5 Å². The average Bonchev–Trinajstić information content (AvgIpc) is 3.26. The summed E-state index contributed by atoms with van der Waals surface area (Å²) >= 11 is 0. The van der Waals surface area contributed by atoms with Crippen molar-refractivity contribution in [1.82, 2.24) is 5.32 Å². The zero-order chi connectivity index (χ0) is 14.5. The Morgan fingerprint density at radius 1 is 1.50 bits per heavy atom. The van der Waals surface area contributed by atoms with Crippen LogP contribution in [-0.2, 0) is 11.4 Å². The molecule has 1 aromatic carbocycles. The Kier molecular flexibility index (Phi) is 4.52. The predicted octanol–water partition coefficient (Wildman–Crippen LogP) is 0.992. The number of non-ortho nitro benzene ring substituents is 1. The fraction of sp³-hybridized carbons (Fsp3) is 0.462. The maximum Gasteiger partial charge on any atom is 0.270 e. The van der Waals surface area contributed by atoms with E-state index in [0.29, 0.717) is 12.5 Å². The van der Waals surface area contributed by atoms with Gasteiger partial charge in [0.1, 0.15) is 5.75 Å².